The SMILES string of the molecule is CC(N)CCC(=O)Nc1ccc(OCC2CC2)cc1.Cl. The Labute approximate surface area is 126 Å². The zero-order chi connectivity index (χ0) is 13.7. The van der Waals surface area contributed by atoms with Crippen molar-refractivity contribution in [2.24, 2.45) is 11.7 Å². The van der Waals surface area contributed by atoms with Gasteiger partial charge in [0, 0.05) is 18.2 Å². The average molecular weight is 299 g/mol. The Morgan fingerprint density at radius 2 is 2.05 bits per heavy atom. The van der Waals surface area contributed by atoms with E-state index < -0.39 is 0 Å². The quantitative estimate of drug-likeness (QED) is 0.813. The number of hydrogen-bond acceptors (Lipinski definition) is 3. The predicted molar refractivity (Wildman–Crippen MR) is 83.4 cm³/mol. The molecule has 1 aromatic rings. The molecule has 2 rings (SSSR count). The van der Waals surface area contributed by atoms with Crippen molar-refractivity contribution in [3.05, 3.63) is 24.3 Å². The molecular formula is C15H23ClN2O2. The average Bonchev–Trinajstić information content (AvgIpc) is 3.20. The van der Waals surface area contributed by atoms with Crippen LogP contribution in [0.25, 0.3) is 0 Å². The van der Waals surface area contributed by atoms with Crippen LogP contribution in [0.1, 0.15) is 32.6 Å². The van der Waals surface area contributed by atoms with E-state index in [1.165, 1.54) is 12.8 Å². The lowest BCUT2D eigenvalue weighted by molar-refractivity contribution is -0.116. The van der Waals surface area contributed by atoms with Crippen LogP contribution in [-0.2, 0) is 4.79 Å². The third kappa shape index (κ3) is 6.26. The van der Waals surface area contributed by atoms with Crippen molar-refractivity contribution in [2.45, 2.75) is 38.6 Å². The van der Waals surface area contributed by atoms with Crippen LogP contribution in [0.4, 0.5) is 5.69 Å². The molecule has 0 aliphatic heterocycles. The van der Waals surface area contributed by atoms with Crippen molar-refractivity contribution < 1.29 is 9.53 Å². The highest BCUT2D eigenvalue weighted by Gasteiger charge is 2.21. The van der Waals surface area contributed by atoms with E-state index in [9.17, 15) is 4.79 Å². The van der Waals surface area contributed by atoms with Crippen LogP contribution < -0.4 is 15.8 Å². The molecule has 3 N–H and O–H groups in total. The normalized spacial score (nSPS) is 15.1. The van der Waals surface area contributed by atoms with Crippen LogP contribution in [0.3, 0.4) is 0 Å². The molecule has 0 spiro atoms. The van der Waals surface area contributed by atoms with Gasteiger partial charge >= 0.3 is 0 Å². The Bertz CT molecular complexity index is 416. The van der Waals surface area contributed by atoms with E-state index in [-0.39, 0.29) is 24.4 Å². The molecule has 0 saturated heterocycles. The highest BCUT2D eigenvalue weighted by Crippen LogP contribution is 2.29. The van der Waals surface area contributed by atoms with Crippen LogP contribution in [0.15, 0.2) is 24.3 Å². The van der Waals surface area contributed by atoms with Gasteiger partial charge in [-0.2, -0.15) is 0 Å². The van der Waals surface area contributed by atoms with E-state index in [2.05, 4.69) is 5.32 Å². The second-order valence-electron chi connectivity index (χ2n) is 5.34. The van der Waals surface area contributed by atoms with Gasteiger partial charge in [-0.3, -0.25) is 4.79 Å². The zero-order valence-electron chi connectivity index (χ0n) is 11.8. The van der Waals surface area contributed by atoms with E-state index in [0.717, 1.165) is 24.0 Å². The number of carbonyl (C=O) groups is 1. The number of hydrogen-bond donors (Lipinski definition) is 2. The molecule has 1 aliphatic rings. The van der Waals surface area contributed by atoms with Gasteiger partial charge in [0.1, 0.15) is 5.75 Å². The summed E-state index contributed by atoms with van der Waals surface area (Å²) >= 11 is 0. The fraction of sp³-hybridized carbons (Fsp3) is 0.533. The molecule has 1 aliphatic carbocycles. The molecule has 0 heterocycles. The first kappa shape index (κ1) is 16.8. The van der Waals surface area contributed by atoms with Gasteiger partial charge in [0.25, 0.3) is 0 Å². The van der Waals surface area contributed by atoms with E-state index in [0.29, 0.717) is 12.8 Å². The molecule has 1 saturated carbocycles. The Kier molecular flexibility index (Phi) is 6.82. The first-order chi connectivity index (χ1) is 9.13. The maximum absolute atomic E-state index is 11.6. The Morgan fingerprint density at radius 1 is 1.40 bits per heavy atom. The summed E-state index contributed by atoms with van der Waals surface area (Å²) in [5.41, 5.74) is 6.42. The van der Waals surface area contributed by atoms with E-state index >= 15 is 0 Å². The standard InChI is InChI=1S/C15H22N2O2.ClH/c1-11(16)2-9-15(18)17-13-5-7-14(8-6-13)19-10-12-3-4-12;/h5-8,11-12H,2-4,9-10,16H2,1H3,(H,17,18);1H. The maximum atomic E-state index is 11.6. The second kappa shape index (κ2) is 8.12. The van der Waals surface area contributed by atoms with Gasteiger partial charge in [-0.15, -0.1) is 12.4 Å². The minimum atomic E-state index is 0. The number of amides is 1. The molecule has 1 aromatic carbocycles. The number of halogens is 1. The second-order valence-corrected chi connectivity index (χ2v) is 5.34. The van der Waals surface area contributed by atoms with Crippen LogP contribution in [0, 0.1) is 5.92 Å². The van der Waals surface area contributed by atoms with Crippen molar-refractivity contribution in [1.82, 2.24) is 0 Å². The molecule has 20 heavy (non-hydrogen) atoms. The van der Waals surface area contributed by atoms with Gasteiger partial charge in [-0.1, -0.05) is 0 Å². The van der Waals surface area contributed by atoms with Crippen molar-refractivity contribution in [1.29, 1.82) is 0 Å². The van der Waals surface area contributed by atoms with Crippen LogP contribution in [-0.4, -0.2) is 18.6 Å². The summed E-state index contributed by atoms with van der Waals surface area (Å²) in [6.07, 6.45) is 3.73. The first-order valence-corrected chi connectivity index (χ1v) is 6.92. The first-order valence-electron chi connectivity index (χ1n) is 6.92. The smallest absolute Gasteiger partial charge is 0.224 e. The number of benzene rings is 1. The molecule has 1 unspecified atom stereocenters. The summed E-state index contributed by atoms with van der Waals surface area (Å²) in [5.74, 6) is 1.61. The zero-order valence-corrected chi connectivity index (χ0v) is 12.6. The van der Waals surface area contributed by atoms with Gasteiger partial charge in [-0.25, -0.2) is 0 Å². The molecule has 1 fully saturated rings. The molecule has 112 valence electrons. The molecule has 0 aromatic heterocycles. The molecule has 1 amide bonds. The lowest BCUT2D eigenvalue weighted by Crippen LogP contribution is -2.19. The lowest BCUT2D eigenvalue weighted by atomic mass is 10.2. The fourth-order valence-corrected chi connectivity index (χ4v) is 1.72. The maximum Gasteiger partial charge on any atom is 0.224 e. The molecule has 0 bridgehead atoms. The predicted octanol–water partition coefficient (Wildman–Crippen LogP) is 2.96. The van der Waals surface area contributed by atoms with Gasteiger partial charge in [0.15, 0.2) is 0 Å². The van der Waals surface area contributed by atoms with Gasteiger partial charge < -0.3 is 15.8 Å². The monoisotopic (exact) mass is 298 g/mol. The lowest BCUT2D eigenvalue weighted by Gasteiger charge is -2.08. The van der Waals surface area contributed by atoms with Crippen molar-refractivity contribution >= 4 is 24.0 Å². The molecular weight excluding hydrogens is 276 g/mol. The highest BCUT2D eigenvalue weighted by atomic mass is 35.5. The minimum Gasteiger partial charge on any atom is -0.493 e. The third-order valence-corrected chi connectivity index (χ3v) is 3.15. The fourth-order valence-electron chi connectivity index (χ4n) is 1.72. The van der Waals surface area contributed by atoms with Gasteiger partial charge in [0.2, 0.25) is 5.91 Å². The van der Waals surface area contributed by atoms with E-state index in [1.54, 1.807) is 0 Å². The van der Waals surface area contributed by atoms with Crippen molar-refractivity contribution in [2.75, 3.05) is 11.9 Å². The topological polar surface area (TPSA) is 64.4 Å². The highest BCUT2D eigenvalue weighted by molar-refractivity contribution is 5.90. The van der Waals surface area contributed by atoms with Gasteiger partial charge in [-0.05, 0) is 56.4 Å². The number of carbonyl (C=O) groups excluding carboxylic acids is 1. The third-order valence-electron chi connectivity index (χ3n) is 3.15. The van der Waals surface area contributed by atoms with Gasteiger partial charge in [0.05, 0.1) is 6.61 Å². The summed E-state index contributed by atoms with van der Waals surface area (Å²) in [5, 5.41) is 2.85. The summed E-state index contributed by atoms with van der Waals surface area (Å²) in [6.45, 7) is 2.71. The molecule has 4 nitrogen and oxygen atoms in total. The molecule has 1 atom stereocenters. The number of nitrogens with two attached hydrogens (primary N) is 1. The van der Waals surface area contributed by atoms with Crippen LogP contribution in [0.2, 0.25) is 0 Å². The van der Waals surface area contributed by atoms with Crippen LogP contribution in [0.5, 0.6) is 5.75 Å². The van der Waals surface area contributed by atoms with Crippen LogP contribution >= 0.6 is 12.4 Å². The number of ether oxygens (including phenoxy) is 1. The Balaban J connectivity index is 0.00000200. The largest absolute Gasteiger partial charge is 0.493 e. The van der Waals surface area contributed by atoms with Crippen molar-refractivity contribution in [3.8, 4) is 5.75 Å². The summed E-state index contributed by atoms with van der Waals surface area (Å²) in [4.78, 5) is 11.6. The number of anilines is 1. The van der Waals surface area contributed by atoms with E-state index in [4.69, 9.17) is 10.5 Å². The molecule has 5 heteroatoms. The summed E-state index contributed by atoms with van der Waals surface area (Å²) < 4.78 is 5.64. The summed E-state index contributed by atoms with van der Waals surface area (Å²) in [6, 6.07) is 7.58. The summed E-state index contributed by atoms with van der Waals surface area (Å²) in [7, 11) is 0. The Hall–Kier alpha value is -1.26. The minimum absolute atomic E-state index is 0. The molecule has 0 radical (unpaired) electrons. The number of rotatable bonds is 7. The number of nitrogens with one attached hydrogen (secondary N) is 1. The van der Waals surface area contributed by atoms with E-state index in [1.807, 2.05) is 31.2 Å². The van der Waals surface area contributed by atoms with Crippen molar-refractivity contribution in [3.63, 3.8) is 0 Å². The Morgan fingerprint density at radius 3 is 2.60 bits per heavy atom.